The number of hydrogen-bond donors (Lipinski definition) is 0. The van der Waals surface area contributed by atoms with E-state index in [1.807, 2.05) is 35.7 Å². The molecule has 5 nitrogen and oxygen atoms in total. The summed E-state index contributed by atoms with van der Waals surface area (Å²) in [5, 5.41) is 2.83. The van der Waals surface area contributed by atoms with Crippen LogP contribution in [-0.2, 0) is 0 Å². The number of aromatic nitrogens is 2. The fraction of sp³-hybridized carbons (Fsp3) is 0. The van der Waals surface area contributed by atoms with E-state index in [4.69, 9.17) is 0 Å². The Bertz CT molecular complexity index is 1180. The van der Waals surface area contributed by atoms with Crippen LogP contribution in [0, 0.1) is 0 Å². The van der Waals surface area contributed by atoms with Gasteiger partial charge in [0.15, 0.2) is 0 Å². The molecular formula is C22H13N3O2S. The van der Waals surface area contributed by atoms with Gasteiger partial charge in [-0.05, 0) is 36.4 Å². The third kappa shape index (κ3) is 2.62. The minimum atomic E-state index is -0.299. The minimum absolute atomic E-state index is 0.299. The van der Waals surface area contributed by atoms with E-state index in [0.717, 1.165) is 21.8 Å². The van der Waals surface area contributed by atoms with Crippen molar-refractivity contribution in [2.24, 2.45) is 0 Å². The Morgan fingerprint density at radius 1 is 0.821 bits per heavy atom. The Kier molecular flexibility index (Phi) is 3.84. The SMILES string of the molecule is O=C1c2ccccc2C(=O)N1c1cccc(-c2csc(-c3cccnc3)n2)c1. The van der Waals surface area contributed by atoms with Crippen molar-refractivity contribution in [2.45, 2.75) is 0 Å². The molecule has 0 saturated carbocycles. The maximum Gasteiger partial charge on any atom is 0.266 e. The van der Waals surface area contributed by atoms with Gasteiger partial charge in [0, 0.05) is 28.9 Å². The summed E-state index contributed by atoms with van der Waals surface area (Å²) >= 11 is 1.53. The number of anilines is 1. The van der Waals surface area contributed by atoms with Crippen molar-refractivity contribution in [2.75, 3.05) is 4.90 Å². The number of benzene rings is 2. The number of imide groups is 1. The first-order chi connectivity index (χ1) is 13.7. The van der Waals surface area contributed by atoms with Crippen molar-refractivity contribution in [1.29, 1.82) is 0 Å². The van der Waals surface area contributed by atoms with E-state index < -0.39 is 0 Å². The topological polar surface area (TPSA) is 63.2 Å². The molecule has 1 aliphatic heterocycles. The fourth-order valence-corrected chi connectivity index (χ4v) is 4.08. The van der Waals surface area contributed by atoms with Crippen LogP contribution < -0.4 is 4.90 Å². The zero-order chi connectivity index (χ0) is 19.1. The van der Waals surface area contributed by atoms with E-state index in [0.29, 0.717) is 16.8 Å². The summed E-state index contributed by atoms with van der Waals surface area (Å²) in [6, 6.07) is 18.1. The van der Waals surface area contributed by atoms with Crippen LogP contribution in [-0.4, -0.2) is 21.8 Å². The highest BCUT2D eigenvalue weighted by Gasteiger charge is 2.36. The van der Waals surface area contributed by atoms with Crippen LogP contribution in [0.1, 0.15) is 20.7 Å². The molecule has 0 spiro atoms. The highest BCUT2D eigenvalue weighted by Crippen LogP contribution is 2.33. The predicted octanol–water partition coefficient (Wildman–Crippen LogP) is 4.67. The number of thiazole rings is 1. The molecule has 134 valence electrons. The highest BCUT2D eigenvalue weighted by molar-refractivity contribution is 7.13. The molecule has 5 rings (SSSR count). The second-order valence-electron chi connectivity index (χ2n) is 6.32. The molecule has 6 heteroatoms. The first-order valence-corrected chi connectivity index (χ1v) is 9.54. The molecule has 0 saturated heterocycles. The van der Waals surface area contributed by atoms with Crippen LogP contribution in [0.25, 0.3) is 21.8 Å². The number of amides is 2. The molecule has 4 aromatic rings. The maximum atomic E-state index is 12.7. The number of rotatable bonds is 3. The predicted molar refractivity (Wildman–Crippen MR) is 108 cm³/mol. The van der Waals surface area contributed by atoms with Crippen molar-refractivity contribution in [3.8, 4) is 21.8 Å². The quantitative estimate of drug-likeness (QED) is 0.482. The van der Waals surface area contributed by atoms with E-state index in [1.165, 1.54) is 16.2 Å². The van der Waals surface area contributed by atoms with Crippen molar-refractivity contribution in [1.82, 2.24) is 9.97 Å². The van der Waals surface area contributed by atoms with Crippen molar-refractivity contribution in [3.05, 3.63) is 89.6 Å². The second kappa shape index (κ2) is 6.51. The molecule has 2 aromatic heterocycles. The zero-order valence-corrected chi connectivity index (χ0v) is 15.4. The molecule has 0 atom stereocenters. The first-order valence-electron chi connectivity index (χ1n) is 8.66. The molecular weight excluding hydrogens is 370 g/mol. The molecule has 0 radical (unpaired) electrons. The van der Waals surface area contributed by atoms with Crippen LogP contribution in [0.15, 0.2) is 78.4 Å². The van der Waals surface area contributed by atoms with Gasteiger partial charge in [0.2, 0.25) is 0 Å². The van der Waals surface area contributed by atoms with Crippen LogP contribution in [0.5, 0.6) is 0 Å². The third-order valence-corrected chi connectivity index (χ3v) is 5.50. The number of fused-ring (bicyclic) bond motifs is 1. The molecule has 28 heavy (non-hydrogen) atoms. The van der Waals surface area contributed by atoms with Gasteiger partial charge in [0.25, 0.3) is 11.8 Å². The third-order valence-electron chi connectivity index (χ3n) is 4.61. The molecule has 0 N–H and O–H groups in total. The van der Waals surface area contributed by atoms with Gasteiger partial charge < -0.3 is 0 Å². The lowest BCUT2D eigenvalue weighted by atomic mass is 10.1. The smallest absolute Gasteiger partial charge is 0.266 e. The van der Waals surface area contributed by atoms with Crippen molar-refractivity contribution in [3.63, 3.8) is 0 Å². The molecule has 2 aromatic carbocycles. The Morgan fingerprint density at radius 2 is 1.57 bits per heavy atom. The van der Waals surface area contributed by atoms with Gasteiger partial charge in [-0.15, -0.1) is 11.3 Å². The average Bonchev–Trinajstić information content (AvgIpc) is 3.33. The molecule has 2 amide bonds. The van der Waals surface area contributed by atoms with E-state index in [9.17, 15) is 9.59 Å². The van der Waals surface area contributed by atoms with Gasteiger partial charge in [0.1, 0.15) is 5.01 Å². The second-order valence-corrected chi connectivity index (χ2v) is 7.18. The monoisotopic (exact) mass is 383 g/mol. The summed E-state index contributed by atoms with van der Waals surface area (Å²) in [7, 11) is 0. The number of nitrogens with zero attached hydrogens (tertiary/aromatic N) is 3. The first kappa shape index (κ1) is 16.5. The molecule has 0 fully saturated rings. The lowest BCUT2D eigenvalue weighted by Crippen LogP contribution is -2.29. The Hall–Kier alpha value is -3.64. The van der Waals surface area contributed by atoms with Gasteiger partial charge in [-0.3, -0.25) is 14.6 Å². The van der Waals surface area contributed by atoms with E-state index in [-0.39, 0.29) is 11.8 Å². The van der Waals surface area contributed by atoms with E-state index in [1.54, 1.807) is 42.7 Å². The number of hydrogen-bond acceptors (Lipinski definition) is 5. The fourth-order valence-electron chi connectivity index (χ4n) is 3.26. The maximum absolute atomic E-state index is 12.7. The summed E-state index contributed by atoms with van der Waals surface area (Å²) in [6.45, 7) is 0. The largest absolute Gasteiger partial charge is 0.268 e. The summed E-state index contributed by atoms with van der Waals surface area (Å²) in [6.07, 6.45) is 3.50. The van der Waals surface area contributed by atoms with Crippen molar-refractivity contribution >= 4 is 28.8 Å². The van der Waals surface area contributed by atoms with Crippen LogP contribution >= 0.6 is 11.3 Å². The normalized spacial score (nSPS) is 13.1. The molecule has 0 unspecified atom stereocenters. The molecule has 0 aliphatic carbocycles. The summed E-state index contributed by atoms with van der Waals surface area (Å²) in [5.74, 6) is -0.598. The molecule has 3 heterocycles. The van der Waals surface area contributed by atoms with E-state index in [2.05, 4.69) is 9.97 Å². The lowest BCUT2D eigenvalue weighted by molar-refractivity contribution is 0.0926. The van der Waals surface area contributed by atoms with Gasteiger partial charge in [0.05, 0.1) is 22.5 Å². The summed E-state index contributed by atoms with van der Waals surface area (Å²) in [4.78, 5) is 35.5. The number of carbonyl (C=O) groups excluding carboxylic acids is 2. The minimum Gasteiger partial charge on any atom is -0.268 e. The summed E-state index contributed by atoms with van der Waals surface area (Å²) < 4.78 is 0. The van der Waals surface area contributed by atoms with Crippen LogP contribution in [0.2, 0.25) is 0 Å². The van der Waals surface area contributed by atoms with Gasteiger partial charge in [-0.2, -0.15) is 0 Å². The standard InChI is InChI=1S/C22H13N3O2S/c26-21-17-8-1-2-9-18(17)22(27)25(21)16-7-3-5-14(11-16)19-13-28-20(24-19)15-6-4-10-23-12-15/h1-13H. The Labute approximate surface area is 164 Å². The van der Waals surface area contributed by atoms with E-state index >= 15 is 0 Å². The lowest BCUT2D eigenvalue weighted by Gasteiger charge is -2.14. The molecule has 0 bridgehead atoms. The van der Waals surface area contributed by atoms with Crippen LogP contribution in [0.4, 0.5) is 5.69 Å². The number of pyridine rings is 1. The Balaban J connectivity index is 1.51. The van der Waals surface area contributed by atoms with Crippen molar-refractivity contribution < 1.29 is 9.59 Å². The van der Waals surface area contributed by atoms with Crippen LogP contribution in [0.3, 0.4) is 0 Å². The average molecular weight is 383 g/mol. The van der Waals surface area contributed by atoms with Gasteiger partial charge in [-0.25, -0.2) is 9.88 Å². The number of carbonyl (C=O) groups is 2. The molecule has 1 aliphatic rings. The summed E-state index contributed by atoms with van der Waals surface area (Å²) in [5.41, 5.74) is 4.01. The Morgan fingerprint density at radius 3 is 2.29 bits per heavy atom. The zero-order valence-electron chi connectivity index (χ0n) is 14.6. The van der Waals surface area contributed by atoms with Gasteiger partial charge >= 0.3 is 0 Å². The van der Waals surface area contributed by atoms with Gasteiger partial charge in [-0.1, -0.05) is 24.3 Å². The highest BCUT2D eigenvalue weighted by atomic mass is 32.1.